The number of benzene rings is 3. The van der Waals surface area contributed by atoms with E-state index in [0.717, 1.165) is 47.1 Å². The molecule has 0 radical (unpaired) electrons. The van der Waals surface area contributed by atoms with Crippen LogP contribution in [0.2, 0.25) is 0 Å². The molecular weight excluding hydrogens is 619 g/mol. The zero-order valence-electron chi connectivity index (χ0n) is 28.9. The fraction of sp³-hybridized carbons (Fsp3) is 0.500. The third kappa shape index (κ3) is 7.49. The molecule has 48 heavy (non-hydrogen) atoms. The molecule has 4 aliphatic rings. The molecule has 1 N–H and O–H groups in total. The van der Waals surface area contributed by atoms with E-state index < -0.39 is 28.5 Å². The highest BCUT2D eigenvalue weighted by Crippen LogP contribution is 2.60. The van der Waals surface area contributed by atoms with Crippen LogP contribution in [0.1, 0.15) is 81.0 Å². The van der Waals surface area contributed by atoms with E-state index in [4.69, 9.17) is 0 Å². The molecule has 8 heteroatoms. The van der Waals surface area contributed by atoms with Gasteiger partial charge in [0.05, 0.1) is 11.9 Å². The van der Waals surface area contributed by atoms with Crippen LogP contribution in [0, 0.1) is 24.7 Å². The number of nitrogens with one attached hydrogen (secondary N) is 1. The summed E-state index contributed by atoms with van der Waals surface area (Å²) in [5.41, 5.74) is 4.79. The van der Waals surface area contributed by atoms with Crippen molar-refractivity contribution in [2.45, 2.75) is 96.2 Å². The summed E-state index contributed by atoms with van der Waals surface area (Å²) in [4.78, 5) is 30.0. The molecule has 7 nitrogen and oxygen atoms in total. The highest BCUT2D eigenvalue weighted by molar-refractivity contribution is 7.92. The molecule has 7 rings (SSSR count). The Morgan fingerprint density at radius 1 is 0.875 bits per heavy atom. The van der Waals surface area contributed by atoms with Gasteiger partial charge in [-0.1, -0.05) is 73.7 Å². The van der Waals surface area contributed by atoms with Crippen LogP contribution < -0.4 is 9.62 Å². The van der Waals surface area contributed by atoms with Crippen molar-refractivity contribution in [3.63, 3.8) is 0 Å². The van der Waals surface area contributed by atoms with Crippen LogP contribution in [0.25, 0.3) is 0 Å². The minimum Gasteiger partial charge on any atom is -0.352 e. The van der Waals surface area contributed by atoms with E-state index in [1.165, 1.54) is 48.4 Å². The van der Waals surface area contributed by atoms with E-state index in [-0.39, 0.29) is 23.9 Å². The zero-order chi connectivity index (χ0) is 34.1. The van der Waals surface area contributed by atoms with Crippen LogP contribution in [-0.2, 0) is 38.0 Å². The first-order valence-electron chi connectivity index (χ1n) is 17.7. The summed E-state index contributed by atoms with van der Waals surface area (Å²) in [6.07, 6.45) is 9.96. The van der Waals surface area contributed by atoms with Crippen molar-refractivity contribution < 1.29 is 18.0 Å². The zero-order valence-corrected chi connectivity index (χ0v) is 29.7. The van der Waals surface area contributed by atoms with Crippen molar-refractivity contribution in [1.29, 1.82) is 0 Å². The molecule has 2 amide bonds. The van der Waals surface area contributed by atoms with Gasteiger partial charge in [0.1, 0.15) is 12.6 Å². The summed E-state index contributed by atoms with van der Waals surface area (Å²) < 4.78 is 27.9. The second-order valence-corrected chi connectivity index (χ2v) is 16.9. The monoisotopic (exact) mass is 669 g/mol. The van der Waals surface area contributed by atoms with Gasteiger partial charge < -0.3 is 10.2 Å². The molecule has 4 fully saturated rings. The number of nitrogens with zero attached hydrogens (tertiary/aromatic N) is 2. The normalized spacial score (nSPS) is 24.1. The van der Waals surface area contributed by atoms with Crippen LogP contribution in [-0.4, -0.2) is 50.0 Å². The standard InChI is InChI=1S/C40H51N3O4S/c1-5-29(3)41-39(45)37(22-30-12-7-6-8-13-30)42(26-34-14-10-9-11-28(34)2)38(44)27-43(48(4,46)47)36-17-15-35(16-18-36)40-23-31-19-32(24-40)21-33(20-31)25-40/h6-18,29,31-33,37H,5,19-27H2,1-4H3,(H,41,45)/t29-,31?,32?,33?,37+,40?/m1/s1. The molecule has 2 atom stereocenters. The molecule has 4 bridgehead atoms. The Bertz CT molecular complexity index is 1670. The van der Waals surface area contributed by atoms with Crippen LogP contribution in [0.15, 0.2) is 78.9 Å². The van der Waals surface area contributed by atoms with Crippen molar-refractivity contribution in [3.05, 3.63) is 101 Å². The largest absolute Gasteiger partial charge is 0.352 e. The Hall–Kier alpha value is -3.65. The van der Waals surface area contributed by atoms with Crippen LogP contribution in [0.3, 0.4) is 0 Å². The predicted octanol–water partition coefficient (Wildman–Crippen LogP) is 6.78. The van der Waals surface area contributed by atoms with Gasteiger partial charge in [-0.2, -0.15) is 0 Å². The SMILES string of the molecule is CC[C@@H](C)NC(=O)[C@H](Cc1ccccc1)N(Cc1ccccc1C)C(=O)CN(c1ccc(C23CC4CC(CC(C4)C2)C3)cc1)S(C)(=O)=O. The first-order valence-corrected chi connectivity index (χ1v) is 19.6. The van der Waals surface area contributed by atoms with Gasteiger partial charge in [-0.15, -0.1) is 0 Å². The first-order chi connectivity index (χ1) is 22.9. The highest BCUT2D eigenvalue weighted by Gasteiger charge is 2.51. The second kappa shape index (κ2) is 14.1. The number of sulfonamides is 1. The Morgan fingerprint density at radius 2 is 1.46 bits per heavy atom. The Kier molecular flexibility index (Phi) is 10.0. The fourth-order valence-corrected chi connectivity index (χ4v) is 9.87. The van der Waals surface area contributed by atoms with E-state index in [2.05, 4.69) is 17.4 Å². The van der Waals surface area contributed by atoms with E-state index in [1.54, 1.807) is 4.90 Å². The molecule has 3 aromatic carbocycles. The summed E-state index contributed by atoms with van der Waals surface area (Å²) in [5.74, 6) is 1.75. The summed E-state index contributed by atoms with van der Waals surface area (Å²) in [7, 11) is -3.83. The van der Waals surface area contributed by atoms with Crippen molar-refractivity contribution in [1.82, 2.24) is 10.2 Å². The fourth-order valence-electron chi connectivity index (χ4n) is 9.03. The minimum atomic E-state index is -3.83. The maximum Gasteiger partial charge on any atom is 0.244 e. The number of rotatable bonds is 13. The number of anilines is 1. The number of hydrogen-bond acceptors (Lipinski definition) is 4. The van der Waals surface area contributed by atoms with E-state index >= 15 is 0 Å². The summed E-state index contributed by atoms with van der Waals surface area (Å²) in [6, 6.07) is 24.5. The van der Waals surface area contributed by atoms with Gasteiger partial charge in [0, 0.05) is 19.0 Å². The first kappa shape index (κ1) is 34.2. The van der Waals surface area contributed by atoms with Crippen LogP contribution in [0.4, 0.5) is 5.69 Å². The Morgan fingerprint density at radius 3 is 2.02 bits per heavy atom. The lowest BCUT2D eigenvalue weighted by atomic mass is 9.48. The average molecular weight is 670 g/mol. The maximum atomic E-state index is 14.5. The molecule has 0 unspecified atom stereocenters. The summed E-state index contributed by atoms with van der Waals surface area (Å²) in [5, 5.41) is 3.10. The summed E-state index contributed by atoms with van der Waals surface area (Å²) >= 11 is 0. The molecule has 4 saturated carbocycles. The van der Waals surface area contributed by atoms with Crippen molar-refractivity contribution in [3.8, 4) is 0 Å². The van der Waals surface area contributed by atoms with Crippen LogP contribution >= 0.6 is 0 Å². The maximum absolute atomic E-state index is 14.5. The smallest absolute Gasteiger partial charge is 0.244 e. The number of carbonyl (C=O) groups is 2. The van der Waals surface area contributed by atoms with Gasteiger partial charge in [-0.05, 0) is 116 Å². The highest BCUT2D eigenvalue weighted by atomic mass is 32.2. The van der Waals surface area contributed by atoms with E-state index in [0.29, 0.717) is 12.1 Å². The third-order valence-electron chi connectivity index (χ3n) is 11.4. The van der Waals surface area contributed by atoms with Gasteiger partial charge in [0.25, 0.3) is 0 Å². The summed E-state index contributed by atoms with van der Waals surface area (Å²) in [6.45, 7) is 5.72. The predicted molar refractivity (Wildman–Crippen MR) is 192 cm³/mol. The van der Waals surface area contributed by atoms with Crippen molar-refractivity contribution in [2.75, 3.05) is 17.1 Å². The van der Waals surface area contributed by atoms with E-state index in [9.17, 15) is 18.0 Å². The molecule has 4 aliphatic carbocycles. The average Bonchev–Trinajstić information content (AvgIpc) is 3.05. The Labute approximate surface area is 287 Å². The topological polar surface area (TPSA) is 86.8 Å². The molecule has 3 aromatic rings. The lowest BCUT2D eigenvalue weighted by Gasteiger charge is -2.57. The third-order valence-corrected chi connectivity index (χ3v) is 12.5. The number of hydrogen-bond donors (Lipinski definition) is 1. The quantitative estimate of drug-likeness (QED) is 0.217. The molecule has 0 heterocycles. The molecule has 0 spiro atoms. The molecular formula is C40H51N3O4S. The van der Waals surface area contributed by atoms with Gasteiger partial charge in [0.2, 0.25) is 21.8 Å². The molecule has 0 saturated heterocycles. The van der Waals surface area contributed by atoms with Crippen LogP contribution in [0.5, 0.6) is 0 Å². The van der Waals surface area contributed by atoms with Crippen molar-refractivity contribution >= 4 is 27.5 Å². The van der Waals surface area contributed by atoms with Crippen molar-refractivity contribution in [2.24, 2.45) is 17.8 Å². The molecule has 0 aromatic heterocycles. The Balaban J connectivity index is 1.31. The molecule has 0 aliphatic heterocycles. The van der Waals surface area contributed by atoms with Gasteiger partial charge >= 0.3 is 0 Å². The van der Waals surface area contributed by atoms with Gasteiger partial charge in [-0.25, -0.2) is 8.42 Å². The van der Waals surface area contributed by atoms with Gasteiger partial charge in [-0.3, -0.25) is 13.9 Å². The molecule has 256 valence electrons. The lowest BCUT2D eigenvalue weighted by Crippen LogP contribution is -2.54. The number of carbonyl (C=O) groups excluding carboxylic acids is 2. The lowest BCUT2D eigenvalue weighted by molar-refractivity contribution is -0.140. The number of aryl methyl sites for hydroxylation is 1. The van der Waals surface area contributed by atoms with Gasteiger partial charge in [0.15, 0.2) is 0 Å². The second-order valence-electron chi connectivity index (χ2n) is 15.0. The minimum absolute atomic E-state index is 0.0776. The number of amides is 2. The van der Waals surface area contributed by atoms with E-state index in [1.807, 2.05) is 87.5 Å².